The van der Waals surface area contributed by atoms with Crippen molar-refractivity contribution in [1.29, 1.82) is 5.26 Å². The SMILES string of the molecule is N#Cc1cc2c(nc1NCC1CSCCS1)CCC2. The van der Waals surface area contributed by atoms with Crippen LogP contribution in [0.3, 0.4) is 0 Å². The van der Waals surface area contributed by atoms with Crippen LogP contribution in [-0.4, -0.2) is 34.0 Å². The molecule has 5 heteroatoms. The van der Waals surface area contributed by atoms with Crippen molar-refractivity contribution in [3.8, 4) is 6.07 Å². The summed E-state index contributed by atoms with van der Waals surface area (Å²) in [4.78, 5) is 4.66. The van der Waals surface area contributed by atoms with Crippen LogP contribution in [-0.2, 0) is 12.8 Å². The maximum Gasteiger partial charge on any atom is 0.144 e. The molecule has 1 aromatic heterocycles. The van der Waals surface area contributed by atoms with Crippen LogP contribution in [0.1, 0.15) is 23.2 Å². The Morgan fingerprint density at radius 2 is 2.37 bits per heavy atom. The fraction of sp³-hybridized carbons (Fsp3) is 0.571. The van der Waals surface area contributed by atoms with Crippen LogP contribution >= 0.6 is 23.5 Å². The lowest BCUT2D eigenvalue weighted by Gasteiger charge is -2.21. The average Bonchev–Trinajstić information content (AvgIpc) is 2.92. The molecule has 1 saturated heterocycles. The molecular formula is C14H17N3S2. The van der Waals surface area contributed by atoms with Gasteiger partial charge in [0.1, 0.15) is 11.9 Å². The van der Waals surface area contributed by atoms with Gasteiger partial charge in [0, 0.05) is 34.7 Å². The zero-order chi connectivity index (χ0) is 13.1. The Kier molecular flexibility index (Phi) is 4.19. The lowest BCUT2D eigenvalue weighted by atomic mass is 10.1. The number of fused-ring (bicyclic) bond motifs is 1. The molecule has 0 saturated carbocycles. The van der Waals surface area contributed by atoms with E-state index in [0.717, 1.165) is 25.2 Å². The molecule has 3 nitrogen and oxygen atoms in total. The van der Waals surface area contributed by atoms with Crippen LogP contribution in [0.2, 0.25) is 0 Å². The van der Waals surface area contributed by atoms with Gasteiger partial charge >= 0.3 is 0 Å². The summed E-state index contributed by atoms with van der Waals surface area (Å²) in [5.41, 5.74) is 3.16. The van der Waals surface area contributed by atoms with Crippen LogP contribution in [0.5, 0.6) is 0 Å². The fourth-order valence-electron chi connectivity index (χ4n) is 2.56. The molecular weight excluding hydrogens is 274 g/mol. The molecule has 1 aliphatic heterocycles. The number of pyridine rings is 1. The highest BCUT2D eigenvalue weighted by molar-refractivity contribution is 8.06. The summed E-state index contributed by atoms with van der Waals surface area (Å²) >= 11 is 4.05. The van der Waals surface area contributed by atoms with Crippen molar-refractivity contribution >= 4 is 29.3 Å². The van der Waals surface area contributed by atoms with Gasteiger partial charge in [-0.25, -0.2) is 4.98 Å². The zero-order valence-corrected chi connectivity index (χ0v) is 12.4. The maximum atomic E-state index is 9.25. The number of nitriles is 1. The van der Waals surface area contributed by atoms with E-state index in [1.807, 2.05) is 29.6 Å². The van der Waals surface area contributed by atoms with E-state index >= 15 is 0 Å². The lowest BCUT2D eigenvalue weighted by molar-refractivity contribution is 0.898. The number of nitrogens with zero attached hydrogens (tertiary/aromatic N) is 2. The van der Waals surface area contributed by atoms with E-state index in [1.165, 1.54) is 34.9 Å². The number of aromatic nitrogens is 1. The minimum atomic E-state index is 0.639. The summed E-state index contributed by atoms with van der Waals surface area (Å²) in [7, 11) is 0. The van der Waals surface area contributed by atoms with Crippen molar-refractivity contribution in [2.45, 2.75) is 24.5 Å². The van der Waals surface area contributed by atoms with Crippen molar-refractivity contribution < 1.29 is 0 Å². The van der Waals surface area contributed by atoms with E-state index in [1.54, 1.807) is 0 Å². The Labute approximate surface area is 122 Å². The zero-order valence-electron chi connectivity index (χ0n) is 10.8. The standard InChI is InChI=1S/C14H17N3S2/c15-7-11-6-10-2-1-3-13(10)17-14(11)16-8-12-9-18-4-5-19-12/h6,12H,1-5,8-9H2,(H,16,17). The van der Waals surface area contributed by atoms with Crippen LogP contribution in [0.4, 0.5) is 5.82 Å². The average molecular weight is 291 g/mol. The number of thioether (sulfide) groups is 2. The molecule has 0 bridgehead atoms. The van der Waals surface area contributed by atoms with Gasteiger partial charge in [-0.2, -0.15) is 28.8 Å². The molecule has 3 rings (SSSR count). The molecule has 1 aliphatic carbocycles. The van der Waals surface area contributed by atoms with Gasteiger partial charge in [-0.15, -0.1) is 0 Å². The number of aryl methyl sites for hydroxylation is 2. The summed E-state index contributed by atoms with van der Waals surface area (Å²) in [5, 5.41) is 13.3. The summed E-state index contributed by atoms with van der Waals surface area (Å²) in [6, 6.07) is 4.30. The summed E-state index contributed by atoms with van der Waals surface area (Å²) in [6.45, 7) is 0.915. The Bertz CT molecular complexity index is 504. The van der Waals surface area contributed by atoms with E-state index in [4.69, 9.17) is 0 Å². The van der Waals surface area contributed by atoms with Crippen LogP contribution in [0, 0.1) is 11.3 Å². The summed E-state index contributed by atoms with van der Waals surface area (Å²) in [5.74, 6) is 4.49. The summed E-state index contributed by atoms with van der Waals surface area (Å²) < 4.78 is 0. The van der Waals surface area contributed by atoms with Crippen molar-refractivity contribution in [3.63, 3.8) is 0 Å². The smallest absolute Gasteiger partial charge is 0.144 e. The van der Waals surface area contributed by atoms with Gasteiger partial charge in [-0.05, 0) is 30.9 Å². The third kappa shape index (κ3) is 3.01. The Morgan fingerprint density at radius 3 is 3.16 bits per heavy atom. The van der Waals surface area contributed by atoms with Gasteiger partial charge < -0.3 is 5.32 Å². The molecule has 0 radical (unpaired) electrons. The highest BCUT2D eigenvalue weighted by Crippen LogP contribution is 2.27. The third-order valence-corrected chi connectivity index (χ3v) is 6.40. The first-order valence-corrected chi connectivity index (χ1v) is 8.93. The molecule has 2 aliphatic rings. The third-order valence-electron chi connectivity index (χ3n) is 3.55. The molecule has 19 heavy (non-hydrogen) atoms. The van der Waals surface area contributed by atoms with Crippen molar-refractivity contribution in [2.24, 2.45) is 0 Å². The first-order chi connectivity index (χ1) is 9.36. The van der Waals surface area contributed by atoms with Crippen molar-refractivity contribution in [1.82, 2.24) is 4.98 Å². The molecule has 1 fully saturated rings. The topological polar surface area (TPSA) is 48.7 Å². The lowest BCUT2D eigenvalue weighted by Crippen LogP contribution is -2.24. The van der Waals surface area contributed by atoms with Crippen LogP contribution in [0.25, 0.3) is 0 Å². The van der Waals surface area contributed by atoms with Crippen LogP contribution in [0.15, 0.2) is 6.07 Å². The molecule has 1 N–H and O–H groups in total. The fourth-order valence-corrected chi connectivity index (χ4v) is 5.17. The number of hydrogen-bond acceptors (Lipinski definition) is 5. The van der Waals surface area contributed by atoms with Crippen LogP contribution < -0.4 is 5.32 Å². The molecule has 1 unspecified atom stereocenters. The van der Waals surface area contributed by atoms with Crippen molar-refractivity contribution in [3.05, 3.63) is 22.9 Å². The number of nitrogens with one attached hydrogen (secondary N) is 1. The molecule has 0 spiro atoms. The Hall–Kier alpha value is -0.860. The highest BCUT2D eigenvalue weighted by atomic mass is 32.2. The summed E-state index contributed by atoms with van der Waals surface area (Å²) in [6.07, 6.45) is 3.31. The number of rotatable bonds is 3. The van der Waals surface area contributed by atoms with Gasteiger partial charge in [0.15, 0.2) is 0 Å². The quantitative estimate of drug-likeness (QED) is 0.928. The van der Waals surface area contributed by atoms with E-state index in [2.05, 4.69) is 16.4 Å². The monoisotopic (exact) mass is 291 g/mol. The van der Waals surface area contributed by atoms with E-state index in [0.29, 0.717) is 10.8 Å². The molecule has 1 atom stereocenters. The van der Waals surface area contributed by atoms with Crippen molar-refractivity contribution in [2.75, 3.05) is 29.1 Å². The van der Waals surface area contributed by atoms with Gasteiger partial charge in [0.2, 0.25) is 0 Å². The molecule has 100 valence electrons. The highest BCUT2D eigenvalue weighted by Gasteiger charge is 2.18. The Balaban J connectivity index is 1.71. The predicted octanol–water partition coefficient (Wildman–Crippen LogP) is 2.70. The van der Waals surface area contributed by atoms with Gasteiger partial charge in [-0.3, -0.25) is 0 Å². The minimum Gasteiger partial charge on any atom is -0.368 e. The van der Waals surface area contributed by atoms with E-state index in [-0.39, 0.29) is 0 Å². The second kappa shape index (κ2) is 6.06. The molecule has 1 aromatic rings. The first kappa shape index (κ1) is 13.1. The van der Waals surface area contributed by atoms with Gasteiger partial charge in [0.25, 0.3) is 0 Å². The molecule has 0 aromatic carbocycles. The van der Waals surface area contributed by atoms with Gasteiger partial charge in [0.05, 0.1) is 5.56 Å². The first-order valence-electron chi connectivity index (χ1n) is 6.73. The number of hydrogen-bond donors (Lipinski definition) is 1. The van der Waals surface area contributed by atoms with E-state index in [9.17, 15) is 5.26 Å². The molecule has 2 heterocycles. The minimum absolute atomic E-state index is 0.639. The largest absolute Gasteiger partial charge is 0.368 e. The van der Waals surface area contributed by atoms with Gasteiger partial charge in [-0.1, -0.05) is 0 Å². The second-order valence-corrected chi connectivity index (χ2v) is 7.46. The predicted molar refractivity (Wildman–Crippen MR) is 83.0 cm³/mol. The normalized spacial score (nSPS) is 21.7. The second-order valence-electron chi connectivity index (χ2n) is 4.90. The molecule has 0 amide bonds. The Morgan fingerprint density at radius 1 is 1.42 bits per heavy atom. The number of anilines is 1. The van der Waals surface area contributed by atoms with E-state index < -0.39 is 0 Å². The maximum absolute atomic E-state index is 9.25.